The Labute approximate surface area is 107 Å². The molecule has 2 aliphatic heterocycles. The number of hydrogen-bond donors (Lipinski definition) is 1. The Balaban J connectivity index is 1.91. The topological polar surface area (TPSA) is 61.9 Å². The molecule has 6 heteroatoms. The van der Waals surface area contributed by atoms with Gasteiger partial charge in [0.1, 0.15) is 0 Å². The number of carbonyl (C=O) groups is 2. The zero-order chi connectivity index (χ0) is 13.1. The van der Waals surface area contributed by atoms with Crippen molar-refractivity contribution in [2.45, 2.75) is 26.0 Å². The van der Waals surface area contributed by atoms with E-state index in [1.807, 2.05) is 0 Å². The monoisotopic (exact) mass is 255 g/mol. The molecule has 1 unspecified atom stereocenters. The van der Waals surface area contributed by atoms with Crippen molar-refractivity contribution < 1.29 is 14.3 Å². The predicted molar refractivity (Wildman–Crippen MR) is 66.0 cm³/mol. The van der Waals surface area contributed by atoms with Gasteiger partial charge in [-0.05, 0) is 13.8 Å². The summed E-state index contributed by atoms with van der Waals surface area (Å²) in [4.78, 5) is 27.0. The van der Waals surface area contributed by atoms with Crippen molar-refractivity contribution in [3.8, 4) is 0 Å². The standard InChI is InChI=1S/C12H21N3O3/c1-9(2)14-3-4-18-10(7-14)8-15-11(16)5-13-6-12(15)17/h9-10,13H,3-8H2,1-2H3. The number of carbonyl (C=O) groups excluding carboxylic acids is 2. The first kappa shape index (κ1) is 13.5. The summed E-state index contributed by atoms with van der Waals surface area (Å²) < 4.78 is 5.65. The molecule has 2 heterocycles. The van der Waals surface area contributed by atoms with Crippen molar-refractivity contribution in [3.05, 3.63) is 0 Å². The maximum Gasteiger partial charge on any atom is 0.243 e. The van der Waals surface area contributed by atoms with Gasteiger partial charge in [-0.3, -0.25) is 24.7 Å². The lowest BCUT2D eigenvalue weighted by atomic mass is 10.2. The van der Waals surface area contributed by atoms with E-state index < -0.39 is 0 Å². The average Bonchev–Trinajstić information content (AvgIpc) is 2.34. The highest BCUT2D eigenvalue weighted by atomic mass is 16.5. The molecule has 0 aromatic rings. The van der Waals surface area contributed by atoms with Crippen molar-refractivity contribution >= 4 is 11.8 Å². The van der Waals surface area contributed by atoms with Crippen molar-refractivity contribution in [1.82, 2.24) is 15.1 Å². The molecule has 0 aromatic carbocycles. The van der Waals surface area contributed by atoms with Gasteiger partial charge >= 0.3 is 0 Å². The van der Waals surface area contributed by atoms with Crippen LogP contribution in [0.3, 0.4) is 0 Å². The summed E-state index contributed by atoms with van der Waals surface area (Å²) in [5, 5.41) is 2.79. The third kappa shape index (κ3) is 3.07. The highest BCUT2D eigenvalue weighted by Gasteiger charge is 2.31. The number of piperazine rings is 1. The smallest absolute Gasteiger partial charge is 0.243 e. The summed E-state index contributed by atoms with van der Waals surface area (Å²) in [7, 11) is 0. The highest BCUT2D eigenvalue weighted by molar-refractivity contribution is 5.99. The fourth-order valence-electron chi connectivity index (χ4n) is 2.34. The third-order valence-corrected chi connectivity index (χ3v) is 3.44. The number of imide groups is 1. The maximum absolute atomic E-state index is 11.7. The minimum absolute atomic E-state index is 0.0628. The fraction of sp³-hybridized carbons (Fsp3) is 0.833. The van der Waals surface area contributed by atoms with Gasteiger partial charge in [0.05, 0.1) is 32.3 Å². The molecule has 18 heavy (non-hydrogen) atoms. The zero-order valence-electron chi connectivity index (χ0n) is 11.0. The molecule has 2 aliphatic rings. The van der Waals surface area contributed by atoms with Crippen molar-refractivity contribution in [2.75, 3.05) is 39.3 Å². The van der Waals surface area contributed by atoms with Gasteiger partial charge in [-0.1, -0.05) is 0 Å². The summed E-state index contributed by atoms with van der Waals surface area (Å²) in [6.07, 6.45) is -0.0628. The SMILES string of the molecule is CC(C)N1CCOC(CN2C(=O)CNCC2=O)C1. The number of amides is 2. The van der Waals surface area contributed by atoms with Gasteiger partial charge in [-0.15, -0.1) is 0 Å². The van der Waals surface area contributed by atoms with E-state index in [1.54, 1.807) is 0 Å². The van der Waals surface area contributed by atoms with Crippen LogP contribution in [0.4, 0.5) is 0 Å². The minimum atomic E-state index is -0.156. The van der Waals surface area contributed by atoms with Gasteiger partial charge in [-0.25, -0.2) is 0 Å². The number of nitrogens with one attached hydrogen (secondary N) is 1. The zero-order valence-corrected chi connectivity index (χ0v) is 11.0. The quantitative estimate of drug-likeness (QED) is 0.659. The molecule has 0 radical (unpaired) electrons. The summed E-state index contributed by atoms with van der Waals surface area (Å²) >= 11 is 0. The van der Waals surface area contributed by atoms with Crippen LogP contribution in [0.2, 0.25) is 0 Å². The van der Waals surface area contributed by atoms with E-state index in [0.29, 0.717) is 19.2 Å². The molecule has 2 saturated heterocycles. The second-order valence-electron chi connectivity index (χ2n) is 5.08. The normalized spacial score (nSPS) is 27.1. The van der Waals surface area contributed by atoms with E-state index >= 15 is 0 Å². The lowest BCUT2D eigenvalue weighted by Crippen LogP contribution is -2.57. The number of ether oxygens (including phenoxy) is 1. The van der Waals surface area contributed by atoms with Crippen LogP contribution < -0.4 is 5.32 Å². The third-order valence-electron chi connectivity index (χ3n) is 3.44. The van der Waals surface area contributed by atoms with Gasteiger partial charge < -0.3 is 4.74 Å². The van der Waals surface area contributed by atoms with E-state index in [9.17, 15) is 9.59 Å². The molecule has 2 fully saturated rings. The molecule has 6 nitrogen and oxygen atoms in total. The Kier molecular flexibility index (Phi) is 4.31. The Morgan fingerprint density at radius 1 is 1.33 bits per heavy atom. The van der Waals surface area contributed by atoms with Gasteiger partial charge in [0, 0.05) is 19.1 Å². The second-order valence-corrected chi connectivity index (χ2v) is 5.08. The number of rotatable bonds is 3. The molecule has 0 saturated carbocycles. The fourth-order valence-corrected chi connectivity index (χ4v) is 2.34. The van der Waals surface area contributed by atoms with Crippen LogP contribution in [0.15, 0.2) is 0 Å². The molecular weight excluding hydrogens is 234 g/mol. The summed E-state index contributed by atoms with van der Waals surface area (Å²) in [5.41, 5.74) is 0. The molecule has 0 bridgehead atoms. The summed E-state index contributed by atoms with van der Waals surface area (Å²) in [6.45, 7) is 7.51. The van der Waals surface area contributed by atoms with E-state index in [4.69, 9.17) is 4.74 Å². The molecule has 1 N–H and O–H groups in total. The van der Waals surface area contributed by atoms with Crippen LogP contribution in [0, 0.1) is 0 Å². The van der Waals surface area contributed by atoms with Gasteiger partial charge in [0.2, 0.25) is 11.8 Å². The molecule has 1 atom stereocenters. The largest absolute Gasteiger partial charge is 0.374 e. The Hall–Kier alpha value is -0.980. The van der Waals surface area contributed by atoms with Crippen molar-refractivity contribution in [2.24, 2.45) is 0 Å². The molecule has 2 amide bonds. The van der Waals surface area contributed by atoms with Crippen LogP contribution in [-0.4, -0.2) is 73.1 Å². The number of hydrogen-bond acceptors (Lipinski definition) is 5. The lowest BCUT2D eigenvalue weighted by Gasteiger charge is -2.37. The van der Waals surface area contributed by atoms with Crippen LogP contribution in [-0.2, 0) is 14.3 Å². The van der Waals surface area contributed by atoms with Gasteiger partial charge in [-0.2, -0.15) is 0 Å². The number of morpholine rings is 1. The predicted octanol–water partition coefficient (Wildman–Crippen LogP) is -0.946. The van der Waals surface area contributed by atoms with E-state index in [1.165, 1.54) is 4.90 Å². The van der Waals surface area contributed by atoms with E-state index in [0.717, 1.165) is 13.1 Å². The first-order valence-corrected chi connectivity index (χ1v) is 6.47. The molecule has 0 spiro atoms. The van der Waals surface area contributed by atoms with E-state index in [2.05, 4.69) is 24.1 Å². The maximum atomic E-state index is 11.7. The summed E-state index contributed by atoms with van der Waals surface area (Å²) in [6, 6.07) is 0.464. The lowest BCUT2D eigenvalue weighted by molar-refractivity contribution is -0.150. The molecule has 0 aliphatic carbocycles. The first-order chi connectivity index (χ1) is 8.58. The Morgan fingerprint density at radius 3 is 2.61 bits per heavy atom. The van der Waals surface area contributed by atoms with Crippen LogP contribution >= 0.6 is 0 Å². The average molecular weight is 255 g/mol. The molecule has 0 aromatic heterocycles. The van der Waals surface area contributed by atoms with Crippen LogP contribution in [0.1, 0.15) is 13.8 Å². The highest BCUT2D eigenvalue weighted by Crippen LogP contribution is 2.11. The molecular formula is C12H21N3O3. The molecule has 102 valence electrons. The van der Waals surface area contributed by atoms with Crippen LogP contribution in [0.25, 0.3) is 0 Å². The van der Waals surface area contributed by atoms with Gasteiger partial charge in [0.25, 0.3) is 0 Å². The van der Waals surface area contributed by atoms with Crippen LogP contribution in [0.5, 0.6) is 0 Å². The summed E-state index contributed by atoms with van der Waals surface area (Å²) in [5.74, 6) is -0.312. The van der Waals surface area contributed by atoms with E-state index in [-0.39, 0.29) is 31.0 Å². The Morgan fingerprint density at radius 2 is 2.00 bits per heavy atom. The van der Waals surface area contributed by atoms with Gasteiger partial charge in [0.15, 0.2) is 0 Å². The number of nitrogens with zero attached hydrogens (tertiary/aromatic N) is 2. The van der Waals surface area contributed by atoms with Crippen molar-refractivity contribution in [3.63, 3.8) is 0 Å². The first-order valence-electron chi connectivity index (χ1n) is 6.47. The second kappa shape index (κ2) is 5.77. The molecule has 2 rings (SSSR count). The van der Waals surface area contributed by atoms with Crippen molar-refractivity contribution in [1.29, 1.82) is 0 Å². The minimum Gasteiger partial charge on any atom is -0.374 e. The Bertz CT molecular complexity index is 317.